The number of hydrogen-bond donors (Lipinski definition) is 5. The van der Waals surface area contributed by atoms with Gasteiger partial charge in [-0.25, -0.2) is 8.42 Å². The molecule has 0 aromatic heterocycles. The van der Waals surface area contributed by atoms with Crippen molar-refractivity contribution in [2.75, 3.05) is 6.61 Å². The second-order valence-electron chi connectivity index (χ2n) is 7.01. The van der Waals surface area contributed by atoms with Gasteiger partial charge in [-0.2, -0.15) is 0 Å². The summed E-state index contributed by atoms with van der Waals surface area (Å²) in [5.74, 6) is -0.0414. The third-order valence-electron chi connectivity index (χ3n) is 4.57. The molecule has 1 fully saturated rings. The molecule has 0 radical (unpaired) electrons. The summed E-state index contributed by atoms with van der Waals surface area (Å²) >= 11 is 0. The quantitative estimate of drug-likeness (QED) is 0.114. The van der Waals surface area contributed by atoms with E-state index in [1.807, 2.05) is 0 Å². The van der Waals surface area contributed by atoms with Gasteiger partial charge in [-0.05, 0) is 35.4 Å². The first-order chi connectivity index (χ1) is 15.0. The second-order valence-corrected chi connectivity index (χ2v) is 8.06. The van der Waals surface area contributed by atoms with Crippen LogP contribution in [-0.4, -0.2) is 75.8 Å². The summed E-state index contributed by atoms with van der Waals surface area (Å²) in [6.45, 7) is -0.905. The SMILES string of the molecule is O=S(=O)([O-])OC[C@H]1O[C@@H](Oc2cc(O)cc(/C=C/c3ccc(O)cc3)c2)[C@H](O)[C@@H](O)[C@@H]1O.[Na+]. The van der Waals surface area contributed by atoms with E-state index in [2.05, 4.69) is 4.18 Å². The van der Waals surface area contributed by atoms with Crippen LogP contribution >= 0.6 is 0 Å². The van der Waals surface area contributed by atoms with E-state index < -0.39 is 47.7 Å². The van der Waals surface area contributed by atoms with Gasteiger partial charge >= 0.3 is 29.6 Å². The monoisotopic (exact) mass is 492 g/mol. The van der Waals surface area contributed by atoms with Crippen LogP contribution in [0.15, 0.2) is 42.5 Å². The Bertz CT molecular complexity index is 1060. The topological polar surface area (TPSA) is 186 Å². The Morgan fingerprint density at radius 3 is 2.18 bits per heavy atom. The third-order valence-corrected chi connectivity index (χ3v) is 5.00. The molecule has 13 heteroatoms. The molecule has 0 amide bonds. The fourth-order valence-corrected chi connectivity index (χ4v) is 3.28. The van der Waals surface area contributed by atoms with Crippen LogP contribution in [-0.2, 0) is 19.3 Å². The van der Waals surface area contributed by atoms with Crippen molar-refractivity contribution in [2.24, 2.45) is 0 Å². The molecular formula is C20H21NaO11S. The summed E-state index contributed by atoms with van der Waals surface area (Å²) in [6, 6.07) is 10.5. The van der Waals surface area contributed by atoms with Crippen molar-refractivity contribution in [1.82, 2.24) is 0 Å². The van der Waals surface area contributed by atoms with Gasteiger partial charge in [-0.3, -0.25) is 4.18 Å². The van der Waals surface area contributed by atoms with Gasteiger partial charge in [0.1, 0.15) is 41.7 Å². The molecule has 11 nitrogen and oxygen atoms in total. The molecule has 33 heavy (non-hydrogen) atoms. The van der Waals surface area contributed by atoms with Gasteiger partial charge in [-0.15, -0.1) is 0 Å². The Balaban J connectivity index is 0.00000385. The van der Waals surface area contributed by atoms with Gasteiger partial charge in [0.2, 0.25) is 16.7 Å². The van der Waals surface area contributed by atoms with Crippen LogP contribution in [0.4, 0.5) is 0 Å². The van der Waals surface area contributed by atoms with Gasteiger partial charge in [0, 0.05) is 6.07 Å². The molecule has 1 saturated heterocycles. The van der Waals surface area contributed by atoms with Crippen molar-refractivity contribution in [3.05, 3.63) is 53.6 Å². The molecule has 5 N–H and O–H groups in total. The van der Waals surface area contributed by atoms with E-state index in [1.165, 1.54) is 30.3 Å². The Hall–Kier alpha value is -1.71. The molecule has 0 spiro atoms. The zero-order valence-electron chi connectivity index (χ0n) is 17.4. The van der Waals surface area contributed by atoms with Gasteiger partial charge in [0.25, 0.3) is 0 Å². The Labute approximate surface area is 211 Å². The number of benzene rings is 2. The van der Waals surface area contributed by atoms with Crippen LogP contribution in [0, 0.1) is 0 Å². The van der Waals surface area contributed by atoms with Crippen molar-refractivity contribution in [1.29, 1.82) is 0 Å². The molecule has 174 valence electrons. The van der Waals surface area contributed by atoms with Crippen molar-refractivity contribution in [3.63, 3.8) is 0 Å². The molecule has 0 aliphatic carbocycles. The minimum absolute atomic E-state index is 0. The molecular weight excluding hydrogens is 471 g/mol. The standard InChI is InChI=1S/C20H22O11S.Na/c21-13-5-3-11(4-6-13)1-2-12-7-14(22)9-15(8-12)30-20-19(25)18(24)17(23)16(31-20)10-29-32(26,27)28;/h1-9,16-25H,10H2,(H,26,27,28);/q;+1/p-1/b2-1+;/t16-,17-,18+,19-,20-;/m1./s1. The van der Waals surface area contributed by atoms with Gasteiger partial charge in [0.15, 0.2) is 0 Å². The molecule has 3 rings (SSSR count). The summed E-state index contributed by atoms with van der Waals surface area (Å²) in [4.78, 5) is 0. The van der Waals surface area contributed by atoms with Crippen molar-refractivity contribution in [2.45, 2.75) is 30.7 Å². The van der Waals surface area contributed by atoms with Crippen molar-refractivity contribution >= 4 is 22.6 Å². The molecule has 1 aliphatic rings. The van der Waals surface area contributed by atoms with E-state index in [0.29, 0.717) is 5.56 Å². The van der Waals surface area contributed by atoms with E-state index >= 15 is 0 Å². The van der Waals surface area contributed by atoms with Crippen LogP contribution in [0.2, 0.25) is 0 Å². The zero-order chi connectivity index (χ0) is 23.5. The average molecular weight is 492 g/mol. The summed E-state index contributed by atoms with van der Waals surface area (Å²) in [6.07, 6.45) is -4.99. The number of hydrogen-bond acceptors (Lipinski definition) is 11. The van der Waals surface area contributed by atoms with Crippen LogP contribution in [0.1, 0.15) is 11.1 Å². The van der Waals surface area contributed by atoms with Crippen molar-refractivity contribution < 1.29 is 81.7 Å². The molecule has 1 aliphatic heterocycles. The molecule has 2 aromatic carbocycles. The predicted octanol–water partition coefficient (Wildman–Crippen LogP) is -3.06. The predicted molar refractivity (Wildman–Crippen MR) is 108 cm³/mol. The maximum atomic E-state index is 10.6. The number of phenols is 2. The van der Waals surface area contributed by atoms with Crippen LogP contribution in [0.25, 0.3) is 12.2 Å². The van der Waals surface area contributed by atoms with Gasteiger partial charge in [0.05, 0.1) is 6.61 Å². The Kier molecular flexibility index (Phi) is 9.70. The maximum absolute atomic E-state index is 10.6. The first-order valence-electron chi connectivity index (χ1n) is 9.29. The third kappa shape index (κ3) is 7.93. The smallest absolute Gasteiger partial charge is 0.726 e. The molecule has 1 heterocycles. The first kappa shape index (κ1) is 27.5. The normalized spacial score (nSPS) is 25.5. The van der Waals surface area contributed by atoms with E-state index in [4.69, 9.17) is 9.47 Å². The molecule has 0 saturated carbocycles. The van der Waals surface area contributed by atoms with Crippen molar-refractivity contribution in [3.8, 4) is 17.2 Å². The Morgan fingerprint density at radius 1 is 0.909 bits per heavy atom. The molecule has 0 unspecified atom stereocenters. The van der Waals surface area contributed by atoms with E-state index in [1.54, 1.807) is 24.3 Å². The van der Waals surface area contributed by atoms with Crippen LogP contribution < -0.4 is 34.3 Å². The number of aliphatic hydroxyl groups excluding tert-OH is 3. The second kappa shape index (κ2) is 11.6. The number of aliphatic hydroxyl groups is 3. The van der Waals surface area contributed by atoms with Gasteiger partial charge in [-0.1, -0.05) is 24.3 Å². The largest absolute Gasteiger partial charge is 1.00 e. The average Bonchev–Trinajstić information content (AvgIpc) is 2.72. The Morgan fingerprint density at radius 2 is 1.55 bits per heavy atom. The summed E-state index contributed by atoms with van der Waals surface area (Å²) < 4.78 is 46.8. The number of aromatic hydroxyl groups is 2. The summed E-state index contributed by atoms with van der Waals surface area (Å²) in [5, 5.41) is 49.4. The fourth-order valence-electron chi connectivity index (χ4n) is 2.98. The fraction of sp³-hybridized carbons (Fsp3) is 0.300. The van der Waals surface area contributed by atoms with E-state index in [0.717, 1.165) is 5.56 Å². The maximum Gasteiger partial charge on any atom is 1.00 e. The number of rotatable bonds is 7. The number of phenolic OH excluding ortho intramolecular Hbond substituents is 2. The van der Waals surface area contributed by atoms with Crippen LogP contribution in [0.3, 0.4) is 0 Å². The first-order valence-corrected chi connectivity index (χ1v) is 10.6. The van der Waals surface area contributed by atoms with Crippen LogP contribution in [0.5, 0.6) is 17.2 Å². The molecule has 5 atom stereocenters. The van der Waals surface area contributed by atoms with Gasteiger partial charge < -0.3 is 39.6 Å². The number of ether oxygens (including phenoxy) is 2. The van der Waals surface area contributed by atoms with E-state index in [9.17, 15) is 38.5 Å². The molecule has 2 aromatic rings. The zero-order valence-corrected chi connectivity index (χ0v) is 20.2. The molecule has 0 bridgehead atoms. The van der Waals surface area contributed by atoms with E-state index in [-0.39, 0.29) is 46.8 Å². The minimum Gasteiger partial charge on any atom is -0.726 e. The minimum atomic E-state index is -5.08. The summed E-state index contributed by atoms with van der Waals surface area (Å²) in [5.41, 5.74) is 1.27. The summed E-state index contributed by atoms with van der Waals surface area (Å²) in [7, 11) is -5.08.